The molecule has 0 unspecified atom stereocenters. The fourth-order valence-corrected chi connectivity index (χ4v) is 2.96. The van der Waals surface area contributed by atoms with Gasteiger partial charge in [0.25, 0.3) is 0 Å². The van der Waals surface area contributed by atoms with E-state index in [1.54, 1.807) is 26.0 Å². The molecule has 5 heteroatoms. The van der Waals surface area contributed by atoms with E-state index in [0.717, 1.165) is 11.1 Å². The first-order valence-electron chi connectivity index (χ1n) is 5.70. The number of phenols is 1. The topological polar surface area (TPSA) is 66.4 Å². The molecule has 1 aliphatic carbocycles. The number of nitrogens with one attached hydrogen (secondary N) is 1. The number of sulfonamides is 1. The van der Waals surface area contributed by atoms with Crippen molar-refractivity contribution in [2.75, 3.05) is 0 Å². The summed E-state index contributed by atoms with van der Waals surface area (Å²) in [5, 5.41) is 8.95. The van der Waals surface area contributed by atoms with E-state index in [4.69, 9.17) is 0 Å². The van der Waals surface area contributed by atoms with E-state index in [2.05, 4.69) is 4.72 Å². The lowest BCUT2D eigenvalue weighted by Gasteiger charge is -2.14. The van der Waals surface area contributed by atoms with E-state index in [9.17, 15) is 13.5 Å². The van der Waals surface area contributed by atoms with Gasteiger partial charge in [0.2, 0.25) is 10.0 Å². The molecule has 0 aromatic heterocycles. The van der Waals surface area contributed by atoms with E-state index >= 15 is 0 Å². The highest BCUT2D eigenvalue weighted by Crippen LogP contribution is 2.26. The van der Waals surface area contributed by atoms with Gasteiger partial charge in [0.1, 0.15) is 5.75 Å². The molecule has 0 saturated heterocycles. The Hall–Kier alpha value is -1.07. The van der Waals surface area contributed by atoms with Gasteiger partial charge in [-0.3, -0.25) is 0 Å². The second kappa shape index (κ2) is 4.31. The highest BCUT2D eigenvalue weighted by Gasteiger charge is 2.27. The SMILES string of the molecule is CC(C)S(=O)(=O)N[C@@H]1Cc2ccc(O)cc2C1. The average molecular weight is 255 g/mol. The second-order valence-corrected chi connectivity index (χ2v) is 7.04. The summed E-state index contributed by atoms with van der Waals surface area (Å²) in [4.78, 5) is 0. The molecule has 0 fully saturated rings. The van der Waals surface area contributed by atoms with Crippen LogP contribution in [0.15, 0.2) is 18.2 Å². The van der Waals surface area contributed by atoms with Gasteiger partial charge in [0.15, 0.2) is 0 Å². The van der Waals surface area contributed by atoms with Crippen molar-refractivity contribution in [2.24, 2.45) is 0 Å². The molecule has 1 atom stereocenters. The quantitative estimate of drug-likeness (QED) is 0.852. The van der Waals surface area contributed by atoms with Gasteiger partial charge >= 0.3 is 0 Å². The summed E-state index contributed by atoms with van der Waals surface area (Å²) in [6.45, 7) is 3.33. The van der Waals surface area contributed by atoms with Gasteiger partial charge in [-0.25, -0.2) is 13.1 Å². The van der Waals surface area contributed by atoms with E-state index in [-0.39, 0.29) is 11.8 Å². The number of benzene rings is 1. The van der Waals surface area contributed by atoms with Crippen LogP contribution in [0.1, 0.15) is 25.0 Å². The van der Waals surface area contributed by atoms with Gasteiger partial charge in [0, 0.05) is 6.04 Å². The molecule has 2 rings (SSSR count). The van der Waals surface area contributed by atoms with Gasteiger partial charge in [-0.15, -0.1) is 0 Å². The Morgan fingerprint density at radius 2 is 1.94 bits per heavy atom. The minimum absolute atomic E-state index is 0.0841. The summed E-state index contributed by atoms with van der Waals surface area (Å²) in [7, 11) is -3.22. The first-order valence-corrected chi connectivity index (χ1v) is 7.25. The summed E-state index contributed by atoms with van der Waals surface area (Å²) in [5.74, 6) is 0.233. The van der Waals surface area contributed by atoms with Crippen molar-refractivity contribution in [2.45, 2.75) is 38.0 Å². The predicted octanol–water partition coefficient (Wildman–Crippen LogP) is 1.19. The third kappa shape index (κ3) is 2.61. The Kier molecular flexibility index (Phi) is 3.14. The first kappa shape index (κ1) is 12.4. The molecule has 0 saturated carbocycles. The Morgan fingerprint density at radius 3 is 2.59 bits per heavy atom. The molecular weight excluding hydrogens is 238 g/mol. The molecular formula is C12H17NO3S. The van der Waals surface area contributed by atoms with Crippen molar-refractivity contribution in [3.05, 3.63) is 29.3 Å². The Bertz CT molecular complexity index is 523. The molecule has 0 aliphatic heterocycles. The van der Waals surface area contributed by atoms with E-state index < -0.39 is 15.3 Å². The lowest BCUT2D eigenvalue weighted by Crippen LogP contribution is -2.39. The molecule has 1 aromatic carbocycles. The monoisotopic (exact) mass is 255 g/mol. The highest BCUT2D eigenvalue weighted by atomic mass is 32.2. The summed E-state index contributed by atoms with van der Waals surface area (Å²) in [5.41, 5.74) is 2.14. The number of rotatable bonds is 3. The number of hydrogen-bond donors (Lipinski definition) is 2. The summed E-state index contributed by atoms with van der Waals surface area (Å²) >= 11 is 0. The highest BCUT2D eigenvalue weighted by molar-refractivity contribution is 7.90. The van der Waals surface area contributed by atoms with Crippen LogP contribution in [0.2, 0.25) is 0 Å². The average Bonchev–Trinajstić information content (AvgIpc) is 2.57. The van der Waals surface area contributed by atoms with Crippen LogP contribution >= 0.6 is 0 Å². The molecule has 0 radical (unpaired) electrons. The van der Waals surface area contributed by atoms with Gasteiger partial charge in [-0.2, -0.15) is 0 Å². The van der Waals surface area contributed by atoms with E-state index in [1.165, 1.54) is 0 Å². The van der Waals surface area contributed by atoms with E-state index in [0.29, 0.717) is 12.8 Å². The standard InChI is InChI=1S/C12H17NO3S/c1-8(2)17(15,16)13-11-5-9-3-4-12(14)7-10(9)6-11/h3-4,7-8,11,13-14H,5-6H2,1-2H3/t11-/m1/s1. The molecule has 1 aromatic rings. The van der Waals surface area contributed by atoms with Crippen molar-refractivity contribution in [3.63, 3.8) is 0 Å². The second-order valence-electron chi connectivity index (χ2n) is 4.77. The normalized spacial score (nSPS) is 19.6. The molecule has 17 heavy (non-hydrogen) atoms. The maximum absolute atomic E-state index is 11.7. The number of aromatic hydroxyl groups is 1. The summed E-state index contributed by atoms with van der Waals surface area (Å²) < 4.78 is 26.2. The smallest absolute Gasteiger partial charge is 0.214 e. The Balaban J connectivity index is 2.11. The Labute approximate surface area is 102 Å². The van der Waals surface area contributed by atoms with Crippen LogP contribution in [0.25, 0.3) is 0 Å². The molecule has 0 bridgehead atoms. The van der Waals surface area contributed by atoms with E-state index in [1.807, 2.05) is 6.07 Å². The molecule has 0 amide bonds. The van der Waals surface area contributed by atoms with Crippen molar-refractivity contribution in [1.82, 2.24) is 4.72 Å². The zero-order valence-corrected chi connectivity index (χ0v) is 10.8. The van der Waals surface area contributed by atoms with Crippen molar-refractivity contribution < 1.29 is 13.5 Å². The zero-order chi connectivity index (χ0) is 12.6. The van der Waals surface area contributed by atoms with Crippen LogP contribution in [-0.2, 0) is 22.9 Å². The van der Waals surface area contributed by atoms with Crippen LogP contribution < -0.4 is 4.72 Å². The van der Waals surface area contributed by atoms with Crippen molar-refractivity contribution in [3.8, 4) is 5.75 Å². The minimum Gasteiger partial charge on any atom is -0.508 e. The molecule has 0 spiro atoms. The minimum atomic E-state index is -3.22. The molecule has 1 aliphatic rings. The van der Waals surface area contributed by atoms with Gasteiger partial charge in [-0.05, 0) is 49.9 Å². The molecule has 4 nitrogen and oxygen atoms in total. The fourth-order valence-electron chi connectivity index (χ4n) is 2.06. The maximum Gasteiger partial charge on any atom is 0.214 e. The zero-order valence-electron chi connectivity index (χ0n) is 9.97. The molecule has 2 N–H and O–H groups in total. The van der Waals surface area contributed by atoms with Crippen LogP contribution in [0.5, 0.6) is 5.75 Å². The van der Waals surface area contributed by atoms with Crippen LogP contribution in [0.3, 0.4) is 0 Å². The number of fused-ring (bicyclic) bond motifs is 1. The number of phenolic OH excluding ortho intramolecular Hbond substituents is 1. The first-order chi connectivity index (χ1) is 7.88. The summed E-state index contributed by atoms with van der Waals surface area (Å²) in [6.07, 6.45) is 1.34. The predicted molar refractivity (Wildman–Crippen MR) is 66.5 cm³/mol. The van der Waals surface area contributed by atoms with Crippen LogP contribution in [0, 0.1) is 0 Å². The lowest BCUT2D eigenvalue weighted by atomic mass is 10.1. The number of hydrogen-bond acceptors (Lipinski definition) is 3. The fraction of sp³-hybridized carbons (Fsp3) is 0.500. The molecule has 94 valence electrons. The van der Waals surface area contributed by atoms with Crippen molar-refractivity contribution in [1.29, 1.82) is 0 Å². The van der Waals surface area contributed by atoms with Crippen LogP contribution in [0.4, 0.5) is 0 Å². The van der Waals surface area contributed by atoms with Gasteiger partial charge in [0.05, 0.1) is 5.25 Å². The van der Waals surface area contributed by atoms with Gasteiger partial charge in [-0.1, -0.05) is 6.07 Å². The largest absolute Gasteiger partial charge is 0.508 e. The van der Waals surface area contributed by atoms with Crippen molar-refractivity contribution >= 4 is 10.0 Å². The van der Waals surface area contributed by atoms with Crippen LogP contribution in [-0.4, -0.2) is 24.8 Å². The third-order valence-electron chi connectivity index (χ3n) is 3.07. The summed E-state index contributed by atoms with van der Waals surface area (Å²) in [6, 6.07) is 5.12. The third-order valence-corrected chi connectivity index (χ3v) is 4.98. The maximum atomic E-state index is 11.7. The molecule has 0 heterocycles. The Morgan fingerprint density at radius 1 is 1.29 bits per heavy atom. The lowest BCUT2D eigenvalue weighted by molar-refractivity contribution is 0.474. The van der Waals surface area contributed by atoms with Gasteiger partial charge < -0.3 is 5.11 Å².